The van der Waals surface area contributed by atoms with Crippen molar-refractivity contribution in [2.45, 2.75) is 17.1 Å². The predicted octanol–water partition coefficient (Wildman–Crippen LogP) is 2.48. The lowest BCUT2D eigenvalue weighted by molar-refractivity contribution is 0.544. The maximum Gasteiger partial charge on any atom is 0.0344 e. The highest BCUT2D eigenvalue weighted by molar-refractivity contribution is 8.00. The SMILES string of the molecule is Cc1ccc(SC2CNC2)cc1.Cl. The second kappa shape index (κ2) is 4.89. The smallest absolute Gasteiger partial charge is 0.0344 e. The van der Waals surface area contributed by atoms with Gasteiger partial charge in [-0.25, -0.2) is 0 Å². The lowest BCUT2D eigenvalue weighted by Crippen LogP contribution is -2.44. The molecule has 2 rings (SSSR count). The summed E-state index contributed by atoms with van der Waals surface area (Å²) < 4.78 is 0. The number of thioether (sulfide) groups is 1. The fraction of sp³-hybridized carbons (Fsp3) is 0.400. The van der Waals surface area contributed by atoms with Gasteiger partial charge in [-0.2, -0.15) is 0 Å². The predicted molar refractivity (Wildman–Crippen MR) is 60.9 cm³/mol. The van der Waals surface area contributed by atoms with E-state index in [0.29, 0.717) is 0 Å². The zero-order valence-electron chi connectivity index (χ0n) is 7.62. The molecule has 0 aliphatic carbocycles. The first-order valence-electron chi connectivity index (χ1n) is 4.28. The minimum atomic E-state index is 0. The van der Waals surface area contributed by atoms with Crippen LogP contribution in [0.2, 0.25) is 0 Å². The van der Waals surface area contributed by atoms with E-state index in [1.54, 1.807) is 0 Å². The molecule has 1 aromatic carbocycles. The van der Waals surface area contributed by atoms with Crippen LogP contribution in [0, 0.1) is 6.92 Å². The van der Waals surface area contributed by atoms with Gasteiger partial charge < -0.3 is 5.32 Å². The van der Waals surface area contributed by atoms with Crippen LogP contribution in [0.1, 0.15) is 5.56 Å². The van der Waals surface area contributed by atoms with Gasteiger partial charge in [0.15, 0.2) is 0 Å². The van der Waals surface area contributed by atoms with E-state index in [1.807, 2.05) is 11.8 Å². The summed E-state index contributed by atoms with van der Waals surface area (Å²) in [6.07, 6.45) is 0. The molecular weight excluding hydrogens is 202 g/mol. The molecule has 1 heterocycles. The topological polar surface area (TPSA) is 12.0 Å². The first kappa shape index (κ1) is 10.9. The number of aryl methyl sites for hydroxylation is 1. The summed E-state index contributed by atoms with van der Waals surface area (Å²) in [5, 5.41) is 4.07. The van der Waals surface area contributed by atoms with Gasteiger partial charge in [-0.15, -0.1) is 24.2 Å². The lowest BCUT2D eigenvalue weighted by atomic mass is 10.2. The minimum Gasteiger partial charge on any atom is -0.314 e. The fourth-order valence-electron chi connectivity index (χ4n) is 1.15. The number of halogens is 1. The standard InChI is InChI=1S/C10H13NS.ClH/c1-8-2-4-9(5-3-8)12-10-6-11-7-10;/h2-5,10-11H,6-7H2,1H3;1H. The molecule has 0 unspecified atom stereocenters. The Morgan fingerprint density at radius 1 is 1.23 bits per heavy atom. The zero-order valence-corrected chi connectivity index (χ0v) is 9.25. The van der Waals surface area contributed by atoms with E-state index in [4.69, 9.17) is 0 Å². The average molecular weight is 216 g/mol. The monoisotopic (exact) mass is 215 g/mol. The maximum atomic E-state index is 3.27. The Morgan fingerprint density at radius 3 is 2.31 bits per heavy atom. The molecule has 72 valence electrons. The van der Waals surface area contributed by atoms with Crippen molar-refractivity contribution in [1.82, 2.24) is 5.32 Å². The molecule has 0 aromatic heterocycles. The summed E-state index contributed by atoms with van der Waals surface area (Å²) in [6.45, 7) is 4.45. The minimum absolute atomic E-state index is 0. The summed E-state index contributed by atoms with van der Waals surface area (Å²) in [4.78, 5) is 1.40. The molecule has 1 fully saturated rings. The third-order valence-corrected chi connectivity index (χ3v) is 3.28. The van der Waals surface area contributed by atoms with Crippen molar-refractivity contribution < 1.29 is 0 Å². The van der Waals surface area contributed by atoms with Crippen LogP contribution in [0.15, 0.2) is 29.2 Å². The lowest BCUT2D eigenvalue weighted by Gasteiger charge is -2.26. The van der Waals surface area contributed by atoms with Crippen LogP contribution in [-0.4, -0.2) is 18.3 Å². The van der Waals surface area contributed by atoms with Gasteiger partial charge >= 0.3 is 0 Å². The Bertz CT molecular complexity index is 256. The van der Waals surface area contributed by atoms with Crippen molar-refractivity contribution in [1.29, 1.82) is 0 Å². The van der Waals surface area contributed by atoms with Crippen LogP contribution in [0.25, 0.3) is 0 Å². The highest BCUT2D eigenvalue weighted by Gasteiger charge is 2.17. The van der Waals surface area contributed by atoms with E-state index in [9.17, 15) is 0 Å². The molecule has 1 N–H and O–H groups in total. The molecule has 0 atom stereocenters. The average Bonchev–Trinajstić information content (AvgIpc) is 2.00. The molecule has 13 heavy (non-hydrogen) atoms. The summed E-state index contributed by atoms with van der Waals surface area (Å²) in [6, 6.07) is 8.76. The Morgan fingerprint density at radius 2 is 1.85 bits per heavy atom. The van der Waals surface area contributed by atoms with E-state index in [0.717, 1.165) is 5.25 Å². The summed E-state index contributed by atoms with van der Waals surface area (Å²) in [7, 11) is 0. The molecule has 3 heteroatoms. The van der Waals surface area contributed by atoms with E-state index < -0.39 is 0 Å². The van der Waals surface area contributed by atoms with Crippen molar-refractivity contribution in [2.75, 3.05) is 13.1 Å². The number of rotatable bonds is 2. The summed E-state index contributed by atoms with van der Waals surface area (Å²) in [5.74, 6) is 0. The quantitative estimate of drug-likeness (QED) is 0.814. The molecule has 1 nitrogen and oxygen atoms in total. The van der Waals surface area contributed by atoms with Crippen molar-refractivity contribution in [2.24, 2.45) is 0 Å². The number of benzene rings is 1. The Labute approximate surface area is 89.7 Å². The number of nitrogens with one attached hydrogen (secondary N) is 1. The van der Waals surface area contributed by atoms with Crippen molar-refractivity contribution in [3.8, 4) is 0 Å². The first-order chi connectivity index (χ1) is 5.84. The van der Waals surface area contributed by atoms with Crippen LogP contribution >= 0.6 is 24.2 Å². The molecule has 0 saturated carbocycles. The van der Waals surface area contributed by atoms with Crippen molar-refractivity contribution in [3.63, 3.8) is 0 Å². The van der Waals surface area contributed by atoms with Gasteiger partial charge in [0.25, 0.3) is 0 Å². The van der Waals surface area contributed by atoms with Crippen LogP contribution < -0.4 is 5.32 Å². The maximum absolute atomic E-state index is 3.27. The normalized spacial score (nSPS) is 16.1. The van der Waals surface area contributed by atoms with Crippen LogP contribution in [0.3, 0.4) is 0 Å². The Kier molecular flexibility index (Phi) is 4.10. The zero-order chi connectivity index (χ0) is 8.39. The molecule has 0 radical (unpaired) electrons. The Balaban J connectivity index is 0.000000845. The molecule has 0 amide bonds. The van der Waals surface area contributed by atoms with Gasteiger partial charge in [0.05, 0.1) is 0 Å². The van der Waals surface area contributed by atoms with Gasteiger partial charge in [-0.3, -0.25) is 0 Å². The molecule has 0 bridgehead atoms. The largest absolute Gasteiger partial charge is 0.314 e. The molecule has 1 aromatic rings. The van der Waals surface area contributed by atoms with E-state index in [1.165, 1.54) is 23.5 Å². The highest BCUT2D eigenvalue weighted by atomic mass is 35.5. The second-order valence-corrected chi connectivity index (χ2v) is 4.58. The molecule has 1 aliphatic rings. The third kappa shape index (κ3) is 2.90. The van der Waals surface area contributed by atoms with Crippen molar-refractivity contribution in [3.05, 3.63) is 29.8 Å². The molecule has 1 aliphatic heterocycles. The van der Waals surface area contributed by atoms with Gasteiger partial charge in [0, 0.05) is 23.2 Å². The van der Waals surface area contributed by atoms with E-state index >= 15 is 0 Å². The van der Waals surface area contributed by atoms with Crippen molar-refractivity contribution >= 4 is 24.2 Å². The van der Waals surface area contributed by atoms with Crippen LogP contribution in [-0.2, 0) is 0 Å². The summed E-state index contributed by atoms with van der Waals surface area (Å²) in [5.41, 5.74) is 1.34. The third-order valence-electron chi connectivity index (χ3n) is 2.07. The van der Waals surface area contributed by atoms with E-state index in [-0.39, 0.29) is 12.4 Å². The molecule has 1 saturated heterocycles. The van der Waals surface area contributed by atoms with Gasteiger partial charge in [0.1, 0.15) is 0 Å². The second-order valence-electron chi connectivity index (χ2n) is 3.21. The Hall–Kier alpha value is -0.180. The van der Waals surface area contributed by atoms with Crippen LogP contribution in [0.4, 0.5) is 0 Å². The highest BCUT2D eigenvalue weighted by Crippen LogP contribution is 2.25. The van der Waals surface area contributed by atoms with Gasteiger partial charge in [-0.1, -0.05) is 17.7 Å². The summed E-state index contributed by atoms with van der Waals surface area (Å²) >= 11 is 1.98. The van der Waals surface area contributed by atoms with Crippen LogP contribution in [0.5, 0.6) is 0 Å². The van der Waals surface area contributed by atoms with Gasteiger partial charge in [0.2, 0.25) is 0 Å². The molecule has 0 spiro atoms. The number of hydrogen-bond acceptors (Lipinski definition) is 2. The van der Waals surface area contributed by atoms with E-state index in [2.05, 4.69) is 36.5 Å². The first-order valence-corrected chi connectivity index (χ1v) is 5.16. The molecular formula is C10H14ClNS. The van der Waals surface area contributed by atoms with Gasteiger partial charge in [-0.05, 0) is 19.1 Å². The fourth-order valence-corrected chi connectivity index (χ4v) is 2.24. The number of hydrogen-bond donors (Lipinski definition) is 1.